The topological polar surface area (TPSA) is 3.24 Å². The van der Waals surface area contributed by atoms with Crippen molar-refractivity contribution < 1.29 is 0 Å². The second kappa shape index (κ2) is 3.67. The van der Waals surface area contributed by atoms with Gasteiger partial charge in [-0.3, -0.25) is 0 Å². The number of hydrogen-bond donors (Lipinski definition) is 0. The number of para-hydroxylation sites is 1. The smallest absolute Gasteiger partial charge is 0.0531 e. The van der Waals surface area contributed by atoms with Gasteiger partial charge in [0.1, 0.15) is 0 Å². The molecule has 80 valence electrons. The van der Waals surface area contributed by atoms with Crippen molar-refractivity contribution in [3.8, 4) is 0 Å². The van der Waals surface area contributed by atoms with Gasteiger partial charge in [0.2, 0.25) is 0 Å². The summed E-state index contributed by atoms with van der Waals surface area (Å²) in [5.41, 5.74) is 4.14. The van der Waals surface area contributed by atoms with Crippen molar-refractivity contribution in [2.75, 3.05) is 17.3 Å². The Kier molecular flexibility index (Phi) is 2.63. The minimum atomic E-state index is 0.0947. The van der Waals surface area contributed by atoms with E-state index >= 15 is 0 Å². The van der Waals surface area contributed by atoms with E-state index in [0.29, 0.717) is 0 Å². The van der Waals surface area contributed by atoms with Gasteiger partial charge in [0.15, 0.2) is 0 Å². The normalized spacial score (nSPS) is 18.4. The lowest BCUT2D eigenvalue weighted by Gasteiger charge is -2.40. The fourth-order valence-electron chi connectivity index (χ4n) is 2.06. The van der Waals surface area contributed by atoms with Crippen molar-refractivity contribution in [1.29, 1.82) is 0 Å². The summed E-state index contributed by atoms with van der Waals surface area (Å²) in [6, 6.07) is 8.57. The molecule has 1 aromatic carbocycles. The van der Waals surface area contributed by atoms with E-state index < -0.39 is 0 Å². The zero-order valence-electron chi connectivity index (χ0n) is 9.42. The lowest BCUT2D eigenvalue weighted by molar-refractivity contribution is 0.598. The molecule has 0 fully saturated rings. The number of fused-ring (bicyclic) bond motifs is 1. The van der Waals surface area contributed by atoms with Crippen LogP contribution in [0.4, 0.5) is 5.69 Å². The van der Waals surface area contributed by atoms with Gasteiger partial charge in [0.25, 0.3) is 0 Å². The van der Waals surface area contributed by atoms with Gasteiger partial charge >= 0.3 is 0 Å². The lowest BCUT2D eigenvalue weighted by Crippen LogP contribution is -2.42. The molecule has 1 aliphatic heterocycles. The summed E-state index contributed by atoms with van der Waals surface area (Å²) in [5, 5.41) is 0.918. The number of benzene rings is 1. The van der Waals surface area contributed by atoms with E-state index in [2.05, 4.69) is 72.1 Å². The Hall–Kier alpha value is -0.760. The number of rotatable bonds is 1. The second-order valence-corrected chi connectivity index (χ2v) is 5.09. The monoisotopic (exact) mass is 265 g/mol. The Morgan fingerprint density at radius 1 is 1.27 bits per heavy atom. The molecule has 0 amide bonds. The summed E-state index contributed by atoms with van der Waals surface area (Å²) in [5.74, 6) is 0. The number of alkyl halides is 1. The fourth-order valence-corrected chi connectivity index (χ4v) is 2.52. The summed E-state index contributed by atoms with van der Waals surface area (Å²) in [6.07, 6.45) is 2.34. The van der Waals surface area contributed by atoms with Crippen LogP contribution in [0.3, 0.4) is 0 Å². The molecular weight excluding hydrogens is 250 g/mol. The molecule has 1 aliphatic rings. The van der Waals surface area contributed by atoms with Crippen LogP contribution in [0, 0.1) is 0 Å². The minimum Gasteiger partial charge on any atom is -0.366 e. The van der Waals surface area contributed by atoms with Crippen LogP contribution in [-0.2, 0) is 0 Å². The van der Waals surface area contributed by atoms with Crippen LogP contribution in [0.15, 0.2) is 30.3 Å². The van der Waals surface area contributed by atoms with Crippen molar-refractivity contribution in [2.24, 2.45) is 0 Å². The van der Waals surface area contributed by atoms with E-state index in [-0.39, 0.29) is 5.54 Å². The summed E-state index contributed by atoms with van der Waals surface area (Å²) in [4.78, 5) is 2.33. The maximum Gasteiger partial charge on any atom is 0.0531 e. The number of likely N-dealkylation sites (N-methyl/N-ethyl adjacent to an activating group) is 1. The van der Waals surface area contributed by atoms with E-state index in [1.54, 1.807) is 0 Å². The number of hydrogen-bond acceptors (Lipinski definition) is 1. The third kappa shape index (κ3) is 1.71. The maximum absolute atomic E-state index is 3.57. The van der Waals surface area contributed by atoms with E-state index in [1.165, 1.54) is 16.8 Å². The highest BCUT2D eigenvalue weighted by Crippen LogP contribution is 2.38. The first kappa shape index (κ1) is 10.7. The fraction of sp³-hybridized carbons (Fsp3) is 0.385. The standard InChI is InChI=1S/C13H16BrN/c1-13(2)8-10(9-14)11-6-4-5-7-12(11)15(13)3/h4-8H,9H2,1-3H3. The molecule has 2 heteroatoms. The van der Waals surface area contributed by atoms with Crippen LogP contribution in [0.25, 0.3) is 5.57 Å². The molecule has 0 aliphatic carbocycles. The molecule has 1 aromatic rings. The Morgan fingerprint density at radius 2 is 1.93 bits per heavy atom. The maximum atomic E-state index is 3.57. The highest BCUT2D eigenvalue weighted by atomic mass is 79.9. The van der Waals surface area contributed by atoms with Crippen molar-refractivity contribution in [1.82, 2.24) is 0 Å². The number of allylic oxidation sites excluding steroid dienone is 1. The van der Waals surface area contributed by atoms with Gasteiger partial charge in [-0.25, -0.2) is 0 Å². The highest BCUT2D eigenvalue weighted by molar-refractivity contribution is 9.09. The molecule has 0 N–H and O–H groups in total. The van der Waals surface area contributed by atoms with Gasteiger partial charge in [-0.15, -0.1) is 0 Å². The first-order chi connectivity index (χ1) is 7.06. The van der Waals surface area contributed by atoms with E-state index in [4.69, 9.17) is 0 Å². The predicted molar refractivity (Wildman–Crippen MR) is 70.7 cm³/mol. The summed E-state index contributed by atoms with van der Waals surface area (Å²) in [7, 11) is 2.15. The Balaban J connectivity index is 2.61. The average Bonchev–Trinajstić information content (AvgIpc) is 2.24. The molecule has 1 nitrogen and oxygen atoms in total. The van der Waals surface area contributed by atoms with Crippen molar-refractivity contribution in [3.05, 3.63) is 35.9 Å². The molecule has 0 saturated carbocycles. The number of anilines is 1. The first-order valence-corrected chi connectivity index (χ1v) is 6.29. The van der Waals surface area contributed by atoms with Crippen LogP contribution >= 0.6 is 15.9 Å². The van der Waals surface area contributed by atoms with E-state index in [9.17, 15) is 0 Å². The molecule has 2 rings (SSSR count). The van der Waals surface area contributed by atoms with Crippen LogP contribution in [0.5, 0.6) is 0 Å². The predicted octanol–water partition coefficient (Wildman–Crippen LogP) is 3.69. The van der Waals surface area contributed by atoms with Crippen LogP contribution in [0.1, 0.15) is 19.4 Å². The van der Waals surface area contributed by atoms with Gasteiger partial charge in [-0.2, -0.15) is 0 Å². The van der Waals surface area contributed by atoms with Crippen molar-refractivity contribution >= 4 is 27.2 Å². The lowest BCUT2D eigenvalue weighted by atomic mass is 9.89. The molecule has 0 spiro atoms. The highest BCUT2D eigenvalue weighted by Gasteiger charge is 2.28. The zero-order valence-corrected chi connectivity index (χ0v) is 11.0. The molecule has 0 radical (unpaired) electrons. The third-order valence-electron chi connectivity index (χ3n) is 3.15. The molecule has 15 heavy (non-hydrogen) atoms. The van der Waals surface area contributed by atoms with Crippen LogP contribution in [-0.4, -0.2) is 17.9 Å². The van der Waals surface area contributed by atoms with E-state index in [0.717, 1.165) is 5.33 Å². The van der Waals surface area contributed by atoms with Gasteiger partial charge in [0, 0.05) is 23.6 Å². The van der Waals surface area contributed by atoms with Crippen LogP contribution < -0.4 is 4.90 Å². The summed E-state index contributed by atoms with van der Waals surface area (Å²) < 4.78 is 0. The summed E-state index contributed by atoms with van der Waals surface area (Å²) in [6.45, 7) is 4.48. The molecular formula is C13H16BrN. The van der Waals surface area contributed by atoms with Crippen molar-refractivity contribution in [3.63, 3.8) is 0 Å². The number of nitrogens with zero attached hydrogens (tertiary/aromatic N) is 1. The first-order valence-electron chi connectivity index (χ1n) is 5.17. The van der Waals surface area contributed by atoms with Gasteiger partial charge < -0.3 is 4.90 Å². The third-order valence-corrected chi connectivity index (χ3v) is 3.75. The number of halogens is 1. The Labute approximate surface area is 99.9 Å². The van der Waals surface area contributed by atoms with E-state index in [1.807, 2.05) is 0 Å². The van der Waals surface area contributed by atoms with Gasteiger partial charge in [-0.1, -0.05) is 40.2 Å². The largest absolute Gasteiger partial charge is 0.366 e. The minimum absolute atomic E-state index is 0.0947. The van der Waals surface area contributed by atoms with Gasteiger partial charge in [-0.05, 0) is 25.5 Å². The van der Waals surface area contributed by atoms with Crippen LogP contribution in [0.2, 0.25) is 0 Å². The van der Waals surface area contributed by atoms with Crippen molar-refractivity contribution in [2.45, 2.75) is 19.4 Å². The Bertz CT molecular complexity index is 407. The quantitative estimate of drug-likeness (QED) is 0.701. The molecule has 0 saturated heterocycles. The Morgan fingerprint density at radius 3 is 2.60 bits per heavy atom. The molecule has 0 aromatic heterocycles. The van der Waals surface area contributed by atoms with Gasteiger partial charge in [0.05, 0.1) is 5.54 Å². The molecule has 0 bridgehead atoms. The molecule has 0 atom stereocenters. The molecule has 0 unspecified atom stereocenters. The molecule has 1 heterocycles. The second-order valence-electron chi connectivity index (χ2n) is 4.53. The zero-order chi connectivity index (χ0) is 11.1. The SMILES string of the molecule is CN1c2ccccc2C(CBr)=CC1(C)C. The average molecular weight is 266 g/mol. The summed E-state index contributed by atoms with van der Waals surface area (Å²) >= 11 is 3.57.